The fourth-order valence-corrected chi connectivity index (χ4v) is 2.58. The first-order valence-electron chi connectivity index (χ1n) is 5.95. The van der Waals surface area contributed by atoms with Gasteiger partial charge in [-0.1, -0.05) is 0 Å². The van der Waals surface area contributed by atoms with E-state index in [9.17, 15) is 9.90 Å². The number of hydrogen-bond donors (Lipinski definition) is 2. The van der Waals surface area contributed by atoms with E-state index < -0.39 is 0 Å². The molecule has 0 aliphatic carbocycles. The monoisotopic (exact) mass is 212 g/mol. The lowest BCUT2D eigenvalue weighted by molar-refractivity contribution is -0.139. The Balaban J connectivity index is 1.96. The fourth-order valence-electron chi connectivity index (χ4n) is 2.58. The van der Waals surface area contributed by atoms with Crippen molar-refractivity contribution in [2.75, 3.05) is 26.2 Å². The van der Waals surface area contributed by atoms with E-state index in [-0.39, 0.29) is 24.5 Å². The van der Waals surface area contributed by atoms with Gasteiger partial charge in [0, 0.05) is 13.1 Å². The fraction of sp³-hybridized carbons (Fsp3) is 0.909. The lowest BCUT2D eigenvalue weighted by Crippen LogP contribution is -2.48. The highest BCUT2D eigenvalue weighted by atomic mass is 16.3. The number of carbonyl (C=O) groups excluding carboxylic acids is 1. The first-order valence-corrected chi connectivity index (χ1v) is 5.95. The molecule has 2 N–H and O–H groups in total. The Labute approximate surface area is 90.6 Å². The van der Waals surface area contributed by atoms with Gasteiger partial charge in [0.25, 0.3) is 0 Å². The molecule has 0 bridgehead atoms. The summed E-state index contributed by atoms with van der Waals surface area (Å²) in [7, 11) is 0. The van der Waals surface area contributed by atoms with Crippen LogP contribution in [0.2, 0.25) is 0 Å². The Morgan fingerprint density at radius 1 is 1.40 bits per heavy atom. The summed E-state index contributed by atoms with van der Waals surface area (Å²) in [5, 5.41) is 12.5. The topological polar surface area (TPSA) is 52.6 Å². The molecule has 86 valence electrons. The van der Waals surface area contributed by atoms with Gasteiger partial charge in [0.05, 0.1) is 18.6 Å². The number of aliphatic hydroxyl groups is 1. The number of nitrogens with zero attached hydrogens (tertiary/aromatic N) is 1. The van der Waals surface area contributed by atoms with Crippen molar-refractivity contribution < 1.29 is 9.90 Å². The smallest absolute Gasteiger partial charge is 0.227 e. The van der Waals surface area contributed by atoms with E-state index in [0.29, 0.717) is 0 Å². The molecule has 0 aromatic carbocycles. The third kappa shape index (κ3) is 2.32. The van der Waals surface area contributed by atoms with Crippen LogP contribution in [0.15, 0.2) is 0 Å². The van der Waals surface area contributed by atoms with Crippen LogP contribution in [0, 0.1) is 5.92 Å². The second kappa shape index (κ2) is 4.94. The van der Waals surface area contributed by atoms with E-state index in [1.165, 1.54) is 0 Å². The largest absolute Gasteiger partial charge is 0.394 e. The summed E-state index contributed by atoms with van der Waals surface area (Å²) in [5.41, 5.74) is 0. The molecule has 2 aliphatic rings. The first-order chi connectivity index (χ1) is 7.33. The molecule has 2 fully saturated rings. The molecule has 2 saturated heterocycles. The quantitative estimate of drug-likeness (QED) is 0.676. The van der Waals surface area contributed by atoms with Crippen LogP contribution in [0.1, 0.15) is 25.7 Å². The predicted molar refractivity (Wildman–Crippen MR) is 57.4 cm³/mol. The van der Waals surface area contributed by atoms with E-state index in [4.69, 9.17) is 0 Å². The van der Waals surface area contributed by atoms with Crippen LogP contribution in [0.25, 0.3) is 0 Å². The summed E-state index contributed by atoms with van der Waals surface area (Å²) in [6.07, 6.45) is 4.14. The van der Waals surface area contributed by atoms with Gasteiger partial charge in [-0.15, -0.1) is 0 Å². The molecule has 4 heteroatoms. The normalized spacial score (nSPS) is 31.9. The summed E-state index contributed by atoms with van der Waals surface area (Å²) in [6, 6.07) is 0.0758. The van der Waals surface area contributed by atoms with Gasteiger partial charge in [-0.05, 0) is 32.2 Å². The third-order valence-corrected chi connectivity index (χ3v) is 3.53. The highest BCUT2D eigenvalue weighted by Crippen LogP contribution is 2.21. The van der Waals surface area contributed by atoms with Crippen molar-refractivity contribution in [3.8, 4) is 0 Å². The van der Waals surface area contributed by atoms with Crippen LogP contribution in [-0.2, 0) is 4.79 Å². The number of rotatable bonds is 2. The molecular weight excluding hydrogens is 192 g/mol. The number of carbonyl (C=O) groups is 1. The summed E-state index contributed by atoms with van der Waals surface area (Å²) in [5.74, 6) is 0.399. The zero-order valence-electron chi connectivity index (χ0n) is 9.11. The summed E-state index contributed by atoms with van der Waals surface area (Å²) in [4.78, 5) is 14.0. The number of likely N-dealkylation sites (tertiary alicyclic amines) is 1. The van der Waals surface area contributed by atoms with Gasteiger partial charge in [0.1, 0.15) is 0 Å². The van der Waals surface area contributed by atoms with Gasteiger partial charge in [-0.3, -0.25) is 4.79 Å². The zero-order valence-corrected chi connectivity index (χ0v) is 9.11. The van der Waals surface area contributed by atoms with Crippen LogP contribution in [0.3, 0.4) is 0 Å². The average Bonchev–Trinajstić information content (AvgIpc) is 2.81. The van der Waals surface area contributed by atoms with E-state index in [0.717, 1.165) is 45.3 Å². The maximum Gasteiger partial charge on any atom is 0.227 e. The van der Waals surface area contributed by atoms with E-state index in [1.807, 2.05) is 4.90 Å². The molecule has 15 heavy (non-hydrogen) atoms. The molecule has 0 saturated carbocycles. The summed E-state index contributed by atoms with van der Waals surface area (Å²) < 4.78 is 0. The number of amides is 1. The Hall–Kier alpha value is -0.610. The molecule has 0 aromatic rings. The maximum absolute atomic E-state index is 12.1. The molecule has 0 aromatic heterocycles. The van der Waals surface area contributed by atoms with Crippen molar-refractivity contribution >= 4 is 5.91 Å². The van der Waals surface area contributed by atoms with E-state index in [2.05, 4.69) is 5.32 Å². The molecule has 1 amide bonds. The van der Waals surface area contributed by atoms with Crippen molar-refractivity contribution in [2.45, 2.75) is 31.7 Å². The lowest BCUT2D eigenvalue weighted by atomic mass is 9.99. The molecule has 2 rings (SSSR count). The van der Waals surface area contributed by atoms with Crippen LogP contribution in [0.5, 0.6) is 0 Å². The number of aliphatic hydroxyl groups excluding tert-OH is 1. The zero-order chi connectivity index (χ0) is 10.7. The van der Waals surface area contributed by atoms with Crippen molar-refractivity contribution in [2.24, 2.45) is 5.92 Å². The number of hydrogen-bond acceptors (Lipinski definition) is 3. The van der Waals surface area contributed by atoms with Gasteiger partial charge in [0.15, 0.2) is 0 Å². The standard InChI is InChI=1S/C11H20N2O2/c14-8-10-3-1-2-6-13(10)11(15)9-4-5-12-7-9/h9-10,12,14H,1-8H2. The van der Waals surface area contributed by atoms with Crippen molar-refractivity contribution in [3.63, 3.8) is 0 Å². The third-order valence-electron chi connectivity index (χ3n) is 3.53. The van der Waals surface area contributed by atoms with Crippen LogP contribution >= 0.6 is 0 Å². The van der Waals surface area contributed by atoms with Crippen molar-refractivity contribution in [1.82, 2.24) is 10.2 Å². The molecule has 2 atom stereocenters. The van der Waals surface area contributed by atoms with Crippen molar-refractivity contribution in [1.29, 1.82) is 0 Å². The van der Waals surface area contributed by atoms with Crippen LogP contribution < -0.4 is 5.32 Å². The van der Waals surface area contributed by atoms with Gasteiger partial charge in [-0.2, -0.15) is 0 Å². The minimum atomic E-state index is 0.0758. The molecule has 4 nitrogen and oxygen atoms in total. The van der Waals surface area contributed by atoms with Gasteiger partial charge in [0.2, 0.25) is 5.91 Å². The molecule has 2 unspecified atom stereocenters. The molecule has 2 aliphatic heterocycles. The number of nitrogens with one attached hydrogen (secondary N) is 1. The molecule has 2 heterocycles. The Kier molecular flexibility index (Phi) is 3.59. The second-order valence-electron chi connectivity index (χ2n) is 4.55. The predicted octanol–water partition coefficient (Wildman–Crippen LogP) is -0.0307. The lowest BCUT2D eigenvalue weighted by Gasteiger charge is -2.36. The Morgan fingerprint density at radius 3 is 2.93 bits per heavy atom. The van der Waals surface area contributed by atoms with Gasteiger partial charge >= 0.3 is 0 Å². The Bertz CT molecular complexity index is 227. The van der Waals surface area contributed by atoms with Crippen LogP contribution in [0.4, 0.5) is 0 Å². The summed E-state index contributed by atoms with van der Waals surface area (Å²) in [6.45, 7) is 2.72. The van der Waals surface area contributed by atoms with Gasteiger partial charge < -0.3 is 15.3 Å². The molecule has 0 spiro atoms. The second-order valence-corrected chi connectivity index (χ2v) is 4.55. The van der Waals surface area contributed by atoms with Crippen LogP contribution in [-0.4, -0.2) is 48.2 Å². The highest BCUT2D eigenvalue weighted by Gasteiger charge is 2.32. The SMILES string of the molecule is O=C(C1CCNC1)N1CCCCC1CO. The minimum Gasteiger partial charge on any atom is -0.394 e. The van der Waals surface area contributed by atoms with E-state index in [1.54, 1.807) is 0 Å². The molecule has 0 radical (unpaired) electrons. The van der Waals surface area contributed by atoms with E-state index >= 15 is 0 Å². The Morgan fingerprint density at radius 2 is 2.27 bits per heavy atom. The molecular formula is C11H20N2O2. The first kappa shape index (κ1) is 10.9. The van der Waals surface area contributed by atoms with Gasteiger partial charge in [-0.25, -0.2) is 0 Å². The number of piperidine rings is 1. The minimum absolute atomic E-state index is 0.0758. The summed E-state index contributed by atoms with van der Waals surface area (Å²) >= 11 is 0. The van der Waals surface area contributed by atoms with Crippen molar-refractivity contribution in [3.05, 3.63) is 0 Å². The maximum atomic E-state index is 12.1. The average molecular weight is 212 g/mol. The highest BCUT2D eigenvalue weighted by molar-refractivity contribution is 5.79.